The van der Waals surface area contributed by atoms with Crippen LogP contribution in [0.1, 0.15) is 38.6 Å². The van der Waals surface area contributed by atoms with E-state index >= 15 is 0 Å². The zero-order valence-corrected chi connectivity index (χ0v) is 10.1. The highest BCUT2D eigenvalue weighted by Crippen LogP contribution is 2.16. The Hall–Kier alpha value is -1.50. The van der Waals surface area contributed by atoms with Crippen LogP contribution in [-0.2, 0) is 4.79 Å². The molecule has 2 rings (SSSR count). The average molecular weight is 238 g/mol. The second kappa shape index (κ2) is 5.22. The van der Waals surface area contributed by atoms with E-state index in [-0.39, 0.29) is 18.0 Å². The van der Waals surface area contributed by atoms with Crippen molar-refractivity contribution in [3.63, 3.8) is 0 Å². The van der Waals surface area contributed by atoms with Crippen LogP contribution in [-0.4, -0.2) is 39.1 Å². The van der Waals surface area contributed by atoms with Gasteiger partial charge in [-0.25, -0.2) is 0 Å². The third-order valence-electron chi connectivity index (χ3n) is 3.16. The van der Waals surface area contributed by atoms with E-state index in [2.05, 4.69) is 38.2 Å². The molecule has 7 nitrogen and oxygen atoms in total. The van der Waals surface area contributed by atoms with Crippen LogP contribution in [0.5, 0.6) is 0 Å². The zero-order valence-electron chi connectivity index (χ0n) is 10.1. The number of H-pyrrole nitrogens is 1. The maximum atomic E-state index is 12.1. The lowest BCUT2D eigenvalue weighted by Crippen LogP contribution is -2.51. The maximum Gasteiger partial charge on any atom is 0.237 e. The van der Waals surface area contributed by atoms with Gasteiger partial charge in [-0.1, -0.05) is 12.1 Å². The number of nitrogens with zero attached hydrogens (tertiary/aromatic N) is 3. The molecule has 1 amide bonds. The molecular formula is C10H18N6O. The number of carbonyl (C=O) groups is 1. The molecule has 2 heterocycles. The second-order valence-corrected chi connectivity index (χ2v) is 4.55. The number of hydrogen-bond acceptors (Lipinski definition) is 5. The summed E-state index contributed by atoms with van der Waals surface area (Å²) >= 11 is 0. The first-order valence-corrected chi connectivity index (χ1v) is 5.95. The van der Waals surface area contributed by atoms with Gasteiger partial charge in [-0.2, -0.15) is 5.21 Å². The van der Waals surface area contributed by atoms with Crippen molar-refractivity contribution < 1.29 is 4.79 Å². The Kier molecular flexibility index (Phi) is 3.68. The van der Waals surface area contributed by atoms with Crippen LogP contribution in [0, 0.1) is 5.92 Å². The van der Waals surface area contributed by atoms with Crippen LogP contribution >= 0.6 is 0 Å². The first kappa shape index (κ1) is 12.0. The van der Waals surface area contributed by atoms with E-state index in [0.717, 1.165) is 19.4 Å². The fourth-order valence-electron chi connectivity index (χ4n) is 2.12. The summed E-state index contributed by atoms with van der Waals surface area (Å²) in [5.41, 5.74) is 0. The SMILES string of the molecule is CC(NC(=O)C1NCCCC1C)c1nn[nH]n1. The Labute approximate surface area is 99.7 Å². The van der Waals surface area contributed by atoms with Crippen LogP contribution in [0.25, 0.3) is 0 Å². The summed E-state index contributed by atoms with van der Waals surface area (Å²) in [6.07, 6.45) is 2.22. The zero-order chi connectivity index (χ0) is 12.3. The maximum absolute atomic E-state index is 12.1. The van der Waals surface area contributed by atoms with E-state index in [4.69, 9.17) is 0 Å². The molecule has 0 bridgehead atoms. The van der Waals surface area contributed by atoms with Crippen molar-refractivity contribution in [3.05, 3.63) is 5.82 Å². The minimum atomic E-state index is -0.225. The molecule has 0 aliphatic carbocycles. The summed E-state index contributed by atoms with van der Waals surface area (Å²) in [4.78, 5) is 12.1. The van der Waals surface area contributed by atoms with E-state index in [1.807, 2.05) is 6.92 Å². The molecule has 94 valence electrons. The second-order valence-electron chi connectivity index (χ2n) is 4.55. The number of carbonyl (C=O) groups excluding carboxylic acids is 1. The highest BCUT2D eigenvalue weighted by molar-refractivity contribution is 5.82. The molecule has 0 saturated carbocycles. The van der Waals surface area contributed by atoms with Gasteiger partial charge in [0.05, 0.1) is 12.1 Å². The highest BCUT2D eigenvalue weighted by atomic mass is 16.2. The van der Waals surface area contributed by atoms with Crippen molar-refractivity contribution in [1.29, 1.82) is 0 Å². The van der Waals surface area contributed by atoms with Gasteiger partial charge in [0.15, 0.2) is 5.82 Å². The van der Waals surface area contributed by atoms with Crippen molar-refractivity contribution in [2.45, 2.75) is 38.8 Å². The molecule has 17 heavy (non-hydrogen) atoms. The van der Waals surface area contributed by atoms with Crippen LogP contribution in [0.3, 0.4) is 0 Å². The van der Waals surface area contributed by atoms with Crippen molar-refractivity contribution in [2.75, 3.05) is 6.54 Å². The van der Waals surface area contributed by atoms with Gasteiger partial charge in [-0.15, -0.1) is 10.2 Å². The van der Waals surface area contributed by atoms with E-state index in [1.165, 1.54) is 0 Å². The predicted octanol–water partition coefficient (Wildman–Crippen LogP) is -0.235. The Bertz CT molecular complexity index is 365. The summed E-state index contributed by atoms with van der Waals surface area (Å²) in [5.74, 6) is 0.873. The Morgan fingerprint density at radius 3 is 3.06 bits per heavy atom. The number of tetrazole rings is 1. The largest absolute Gasteiger partial charge is 0.345 e. The number of hydrogen-bond donors (Lipinski definition) is 3. The summed E-state index contributed by atoms with van der Waals surface area (Å²) in [5, 5.41) is 19.7. The lowest BCUT2D eigenvalue weighted by atomic mass is 9.92. The fourth-order valence-corrected chi connectivity index (χ4v) is 2.12. The van der Waals surface area contributed by atoms with Gasteiger partial charge in [0.1, 0.15) is 0 Å². The van der Waals surface area contributed by atoms with Crippen molar-refractivity contribution >= 4 is 5.91 Å². The number of piperidine rings is 1. The summed E-state index contributed by atoms with van der Waals surface area (Å²) < 4.78 is 0. The molecule has 1 saturated heterocycles. The number of nitrogens with one attached hydrogen (secondary N) is 3. The molecule has 3 N–H and O–H groups in total. The first-order chi connectivity index (χ1) is 8.18. The standard InChI is InChI=1S/C10H18N6O/c1-6-4-3-5-11-8(6)10(17)12-7(2)9-13-15-16-14-9/h6-8,11H,3-5H2,1-2H3,(H,12,17)(H,13,14,15,16). The molecule has 3 atom stereocenters. The van der Waals surface area contributed by atoms with E-state index in [0.29, 0.717) is 11.7 Å². The van der Waals surface area contributed by atoms with E-state index in [1.54, 1.807) is 0 Å². The quantitative estimate of drug-likeness (QED) is 0.675. The van der Waals surface area contributed by atoms with E-state index < -0.39 is 0 Å². The fraction of sp³-hybridized carbons (Fsp3) is 0.800. The normalized spacial score (nSPS) is 26.5. The molecule has 0 radical (unpaired) electrons. The molecule has 0 aromatic carbocycles. The topological polar surface area (TPSA) is 95.6 Å². The van der Waals surface area contributed by atoms with Gasteiger partial charge in [-0.05, 0) is 32.2 Å². The number of amides is 1. The Morgan fingerprint density at radius 2 is 2.41 bits per heavy atom. The predicted molar refractivity (Wildman–Crippen MR) is 60.9 cm³/mol. The monoisotopic (exact) mass is 238 g/mol. The van der Waals surface area contributed by atoms with Gasteiger partial charge in [0.25, 0.3) is 0 Å². The minimum absolute atomic E-state index is 0.00880. The molecule has 7 heteroatoms. The van der Waals surface area contributed by atoms with E-state index in [9.17, 15) is 4.79 Å². The first-order valence-electron chi connectivity index (χ1n) is 5.95. The average Bonchev–Trinajstić information content (AvgIpc) is 2.82. The lowest BCUT2D eigenvalue weighted by molar-refractivity contribution is -0.125. The van der Waals surface area contributed by atoms with Crippen LogP contribution in [0.2, 0.25) is 0 Å². The molecule has 0 spiro atoms. The van der Waals surface area contributed by atoms with Crippen molar-refractivity contribution in [3.8, 4) is 0 Å². The van der Waals surface area contributed by atoms with Gasteiger partial charge >= 0.3 is 0 Å². The van der Waals surface area contributed by atoms with Crippen LogP contribution in [0.4, 0.5) is 0 Å². The Morgan fingerprint density at radius 1 is 1.59 bits per heavy atom. The summed E-state index contributed by atoms with van der Waals surface area (Å²) in [6, 6.07) is -0.338. The van der Waals surface area contributed by atoms with Crippen molar-refractivity contribution in [1.82, 2.24) is 31.3 Å². The molecule has 1 aliphatic rings. The molecular weight excluding hydrogens is 220 g/mol. The minimum Gasteiger partial charge on any atom is -0.345 e. The third-order valence-corrected chi connectivity index (χ3v) is 3.16. The van der Waals surface area contributed by atoms with Crippen LogP contribution in [0.15, 0.2) is 0 Å². The van der Waals surface area contributed by atoms with Crippen molar-refractivity contribution in [2.24, 2.45) is 5.92 Å². The number of rotatable bonds is 3. The molecule has 1 aliphatic heterocycles. The smallest absolute Gasteiger partial charge is 0.237 e. The molecule has 1 fully saturated rings. The molecule has 1 aromatic heterocycles. The number of aromatic nitrogens is 4. The Balaban J connectivity index is 1.92. The number of aromatic amines is 1. The summed E-state index contributed by atoms with van der Waals surface area (Å²) in [6.45, 7) is 4.84. The van der Waals surface area contributed by atoms with Gasteiger partial charge in [0, 0.05) is 0 Å². The van der Waals surface area contributed by atoms with Gasteiger partial charge < -0.3 is 10.6 Å². The van der Waals surface area contributed by atoms with Gasteiger partial charge in [0.2, 0.25) is 5.91 Å². The lowest BCUT2D eigenvalue weighted by Gasteiger charge is -2.29. The third kappa shape index (κ3) is 2.79. The molecule has 3 unspecified atom stereocenters. The molecule has 1 aromatic rings. The van der Waals surface area contributed by atoms with Crippen LogP contribution < -0.4 is 10.6 Å². The highest BCUT2D eigenvalue weighted by Gasteiger charge is 2.28. The van der Waals surface area contributed by atoms with Gasteiger partial charge in [-0.3, -0.25) is 4.79 Å². The summed E-state index contributed by atoms with van der Waals surface area (Å²) in [7, 11) is 0.